The van der Waals surface area contributed by atoms with Gasteiger partial charge in [-0.2, -0.15) is 0 Å². The van der Waals surface area contributed by atoms with Gasteiger partial charge in [0, 0.05) is 0 Å². The molecule has 21 heavy (non-hydrogen) atoms. The monoisotopic (exact) mass is 312 g/mol. The number of carbonyl (C=O) groups excluding carboxylic acids is 1. The summed E-state index contributed by atoms with van der Waals surface area (Å²) in [5.74, 6) is -2.15. The van der Waals surface area contributed by atoms with Crippen LogP contribution in [0.3, 0.4) is 0 Å². The summed E-state index contributed by atoms with van der Waals surface area (Å²) in [6.45, 7) is 1.40. The van der Waals surface area contributed by atoms with Crippen molar-refractivity contribution in [1.29, 1.82) is 0 Å². The first-order valence-corrected chi connectivity index (χ1v) is 6.64. The van der Waals surface area contributed by atoms with Gasteiger partial charge in [0.2, 0.25) is 0 Å². The number of carboxylic acids is 1. The van der Waals surface area contributed by atoms with Crippen LogP contribution in [-0.2, 0) is 4.79 Å². The first-order chi connectivity index (χ1) is 9.77. The molecule has 1 unspecified atom stereocenters. The fraction of sp³-hybridized carbons (Fsp3) is 0.385. The van der Waals surface area contributed by atoms with Gasteiger partial charge in [0.25, 0.3) is 5.91 Å². The van der Waals surface area contributed by atoms with Gasteiger partial charge in [-0.05, 0) is 37.8 Å². The standard InChI is InChI=1S/C13H13ClN2O5/c1-13(12(18)19,7-5-6-7)15-11(17)8-3-2-4-9(14)10(8)16(20)21/h2-4,7H,5-6H2,1H3,(H,15,17)(H,18,19). The molecule has 2 N–H and O–H groups in total. The molecule has 1 aromatic rings. The van der Waals surface area contributed by atoms with Crippen LogP contribution in [0.4, 0.5) is 5.69 Å². The number of carbonyl (C=O) groups is 2. The van der Waals surface area contributed by atoms with Crippen molar-refractivity contribution >= 4 is 29.2 Å². The van der Waals surface area contributed by atoms with Crippen LogP contribution in [0.2, 0.25) is 5.02 Å². The largest absolute Gasteiger partial charge is 0.480 e. The number of nitrogens with zero attached hydrogens (tertiary/aromatic N) is 1. The molecule has 0 bridgehead atoms. The Morgan fingerprint density at radius 1 is 1.48 bits per heavy atom. The minimum atomic E-state index is -1.44. The lowest BCUT2D eigenvalue weighted by molar-refractivity contribution is -0.385. The molecule has 1 aromatic carbocycles. The minimum absolute atomic E-state index is 0.169. The third-order valence-electron chi connectivity index (χ3n) is 3.63. The van der Waals surface area contributed by atoms with E-state index in [1.54, 1.807) is 0 Å². The molecule has 2 rings (SSSR count). The van der Waals surface area contributed by atoms with Crippen molar-refractivity contribution in [2.24, 2.45) is 5.92 Å². The molecule has 0 aliphatic heterocycles. The number of aliphatic carboxylic acids is 1. The van der Waals surface area contributed by atoms with Crippen molar-refractivity contribution in [3.05, 3.63) is 38.9 Å². The summed E-state index contributed by atoms with van der Waals surface area (Å²) < 4.78 is 0. The van der Waals surface area contributed by atoms with Crippen LogP contribution in [0.25, 0.3) is 0 Å². The molecule has 0 aromatic heterocycles. The molecule has 7 nitrogen and oxygen atoms in total. The Labute approximate surface area is 125 Å². The highest BCUT2D eigenvalue weighted by molar-refractivity contribution is 6.33. The van der Waals surface area contributed by atoms with E-state index in [0.29, 0.717) is 12.8 Å². The third kappa shape index (κ3) is 2.82. The van der Waals surface area contributed by atoms with Crippen molar-refractivity contribution in [1.82, 2.24) is 5.32 Å². The fourth-order valence-corrected chi connectivity index (χ4v) is 2.42. The fourth-order valence-electron chi connectivity index (χ4n) is 2.18. The maximum atomic E-state index is 12.2. The van der Waals surface area contributed by atoms with E-state index in [0.717, 1.165) is 0 Å². The van der Waals surface area contributed by atoms with Crippen LogP contribution >= 0.6 is 11.6 Å². The summed E-state index contributed by atoms with van der Waals surface area (Å²) >= 11 is 5.74. The summed E-state index contributed by atoms with van der Waals surface area (Å²) in [6.07, 6.45) is 1.39. The van der Waals surface area contributed by atoms with Crippen LogP contribution < -0.4 is 5.32 Å². The quantitative estimate of drug-likeness (QED) is 0.640. The number of amides is 1. The molecule has 8 heteroatoms. The lowest BCUT2D eigenvalue weighted by Crippen LogP contribution is -2.54. The van der Waals surface area contributed by atoms with Crippen molar-refractivity contribution in [2.45, 2.75) is 25.3 Å². The number of carboxylic acid groups (broad SMARTS) is 1. The van der Waals surface area contributed by atoms with E-state index >= 15 is 0 Å². The summed E-state index contributed by atoms with van der Waals surface area (Å²) in [7, 11) is 0. The predicted octanol–water partition coefficient (Wildman–Crippen LogP) is 2.23. The Balaban J connectivity index is 2.35. The first kappa shape index (κ1) is 15.2. The summed E-state index contributed by atoms with van der Waals surface area (Å²) in [4.78, 5) is 33.9. The molecule has 1 atom stereocenters. The SMILES string of the molecule is CC(NC(=O)c1cccc(Cl)c1[N+](=O)[O-])(C(=O)O)C1CC1. The van der Waals surface area contributed by atoms with Gasteiger partial charge >= 0.3 is 11.7 Å². The zero-order valence-corrected chi connectivity index (χ0v) is 11.9. The number of benzene rings is 1. The lowest BCUT2D eigenvalue weighted by atomic mass is 9.95. The van der Waals surface area contributed by atoms with E-state index in [1.807, 2.05) is 0 Å². The molecule has 0 spiro atoms. The van der Waals surface area contributed by atoms with Gasteiger partial charge in [-0.1, -0.05) is 17.7 Å². The van der Waals surface area contributed by atoms with Gasteiger partial charge < -0.3 is 10.4 Å². The summed E-state index contributed by atoms with van der Waals surface area (Å²) in [6, 6.07) is 3.95. The zero-order valence-electron chi connectivity index (χ0n) is 11.1. The second-order valence-electron chi connectivity index (χ2n) is 5.13. The molecule has 1 fully saturated rings. The molecule has 1 amide bonds. The van der Waals surface area contributed by atoms with E-state index in [4.69, 9.17) is 11.6 Å². The maximum absolute atomic E-state index is 12.2. The van der Waals surface area contributed by atoms with E-state index in [2.05, 4.69) is 5.32 Å². The number of hydrogen-bond acceptors (Lipinski definition) is 4. The van der Waals surface area contributed by atoms with Crippen molar-refractivity contribution in [3.8, 4) is 0 Å². The normalized spacial score (nSPS) is 16.9. The average molecular weight is 313 g/mol. The molecule has 0 saturated heterocycles. The van der Waals surface area contributed by atoms with Gasteiger partial charge in [-0.15, -0.1) is 0 Å². The highest BCUT2D eigenvalue weighted by atomic mass is 35.5. The number of nitro groups is 1. The number of halogens is 1. The van der Waals surface area contributed by atoms with Crippen molar-refractivity contribution in [3.63, 3.8) is 0 Å². The van der Waals surface area contributed by atoms with Gasteiger partial charge in [0.1, 0.15) is 16.1 Å². The molecule has 1 aliphatic rings. The molecule has 112 valence electrons. The second kappa shape index (κ2) is 5.33. The number of nitrogens with one attached hydrogen (secondary N) is 1. The summed E-state index contributed by atoms with van der Waals surface area (Å²) in [5.41, 5.74) is -2.21. The summed E-state index contributed by atoms with van der Waals surface area (Å²) in [5, 5.41) is 22.5. The van der Waals surface area contributed by atoms with E-state index in [-0.39, 0.29) is 16.5 Å². The van der Waals surface area contributed by atoms with E-state index in [9.17, 15) is 24.8 Å². The van der Waals surface area contributed by atoms with Gasteiger partial charge in [-0.3, -0.25) is 14.9 Å². The van der Waals surface area contributed by atoms with Crippen LogP contribution in [-0.4, -0.2) is 27.4 Å². The molecule has 0 heterocycles. The highest BCUT2D eigenvalue weighted by Crippen LogP contribution is 2.40. The number of para-hydroxylation sites is 1. The Hall–Kier alpha value is -2.15. The lowest BCUT2D eigenvalue weighted by Gasteiger charge is -2.26. The predicted molar refractivity (Wildman–Crippen MR) is 74.3 cm³/mol. The van der Waals surface area contributed by atoms with Gasteiger partial charge in [0.15, 0.2) is 0 Å². The molecule has 1 aliphatic carbocycles. The zero-order chi connectivity index (χ0) is 15.8. The molecular weight excluding hydrogens is 300 g/mol. The number of rotatable bonds is 5. The van der Waals surface area contributed by atoms with Crippen molar-refractivity contribution in [2.75, 3.05) is 0 Å². The highest BCUT2D eigenvalue weighted by Gasteiger charge is 2.49. The van der Waals surface area contributed by atoms with Crippen LogP contribution in [0.5, 0.6) is 0 Å². The number of hydrogen-bond donors (Lipinski definition) is 2. The van der Waals surface area contributed by atoms with Crippen molar-refractivity contribution < 1.29 is 19.6 Å². The Morgan fingerprint density at radius 2 is 2.10 bits per heavy atom. The smallest absolute Gasteiger partial charge is 0.329 e. The van der Waals surface area contributed by atoms with Crippen LogP contribution in [0.15, 0.2) is 18.2 Å². The molecule has 1 saturated carbocycles. The second-order valence-corrected chi connectivity index (χ2v) is 5.54. The Morgan fingerprint density at radius 3 is 2.57 bits per heavy atom. The van der Waals surface area contributed by atoms with Gasteiger partial charge in [-0.25, -0.2) is 4.79 Å². The molecular formula is C13H13ClN2O5. The minimum Gasteiger partial charge on any atom is -0.480 e. The third-order valence-corrected chi connectivity index (χ3v) is 3.93. The van der Waals surface area contributed by atoms with E-state index in [1.165, 1.54) is 25.1 Å². The Kier molecular flexibility index (Phi) is 3.87. The average Bonchev–Trinajstić information content (AvgIpc) is 3.21. The molecule has 0 radical (unpaired) electrons. The first-order valence-electron chi connectivity index (χ1n) is 6.26. The van der Waals surface area contributed by atoms with Gasteiger partial charge in [0.05, 0.1) is 4.92 Å². The maximum Gasteiger partial charge on any atom is 0.329 e. The van der Waals surface area contributed by atoms with Crippen LogP contribution in [0.1, 0.15) is 30.1 Å². The van der Waals surface area contributed by atoms with Crippen LogP contribution in [0, 0.1) is 16.0 Å². The topological polar surface area (TPSA) is 110 Å². The Bertz CT molecular complexity index is 629. The van der Waals surface area contributed by atoms with E-state index < -0.39 is 28.0 Å². The number of nitro benzene ring substituents is 1.